The zero-order chi connectivity index (χ0) is 19.4. The van der Waals surface area contributed by atoms with Gasteiger partial charge in [-0.1, -0.05) is 30.3 Å². The van der Waals surface area contributed by atoms with E-state index in [2.05, 4.69) is 4.98 Å². The second kappa shape index (κ2) is 8.14. The molecule has 5 nitrogen and oxygen atoms in total. The number of nitrogens with two attached hydrogens (primary N) is 1. The van der Waals surface area contributed by atoms with Crippen molar-refractivity contribution in [3.8, 4) is 0 Å². The van der Waals surface area contributed by atoms with Gasteiger partial charge in [0.15, 0.2) is 5.78 Å². The number of halogens is 1. The van der Waals surface area contributed by atoms with E-state index in [1.54, 1.807) is 6.07 Å². The highest BCUT2D eigenvalue weighted by molar-refractivity contribution is 5.89. The van der Waals surface area contributed by atoms with E-state index in [4.69, 9.17) is 5.73 Å². The molecule has 0 fully saturated rings. The van der Waals surface area contributed by atoms with Crippen molar-refractivity contribution in [2.45, 2.75) is 25.3 Å². The average Bonchev–Trinajstić information content (AvgIpc) is 3.04. The summed E-state index contributed by atoms with van der Waals surface area (Å²) in [6.45, 7) is 0. The van der Waals surface area contributed by atoms with Gasteiger partial charge in [-0.3, -0.25) is 9.59 Å². The highest BCUT2D eigenvalue weighted by Gasteiger charge is 2.25. The van der Waals surface area contributed by atoms with Gasteiger partial charge in [0.2, 0.25) is 0 Å². The summed E-state index contributed by atoms with van der Waals surface area (Å²) in [5.41, 5.74) is 8.47. The molecule has 27 heavy (non-hydrogen) atoms. The molecule has 2 atom stereocenters. The van der Waals surface area contributed by atoms with E-state index in [0.29, 0.717) is 12.0 Å². The van der Waals surface area contributed by atoms with E-state index in [-0.39, 0.29) is 18.6 Å². The fraction of sp³-hybridized carbons (Fsp3) is 0.238. The van der Waals surface area contributed by atoms with Crippen LogP contribution < -0.4 is 5.73 Å². The maximum atomic E-state index is 13.3. The number of aromatic amines is 1. The van der Waals surface area contributed by atoms with Crippen LogP contribution in [0.25, 0.3) is 10.9 Å². The Hall–Kier alpha value is -2.99. The second-order valence-corrected chi connectivity index (χ2v) is 6.71. The maximum absolute atomic E-state index is 13.3. The Morgan fingerprint density at radius 2 is 1.89 bits per heavy atom. The van der Waals surface area contributed by atoms with Crippen LogP contribution in [0.1, 0.15) is 17.5 Å². The molecule has 0 radical (unpaired) electrons. The van der Waals surface area contributed by atoms with Gasteiger partial charge in [-0.05, 0) is 42.2 Å². The minimum absolute atomic E-state index is 0.0820. The third kappa shape index (κ3) is 4.60. The number of carboxylic acids is 1. The number of fused-ring (bicyclic) bond motifs is 1. The van der Waals surface area contributed by atoms with Gasteiger partial charge in [0.05, 0.1) is 12.0 Å². The second-order valence-electron chi connectivity index (χ2n) is 6.71. The first-order valence-corrected chi connectivity index (χ1v) is 8.74. The molecule has 0 aliphatic rings. The number of ketones is 1. The lowest BCUT2D eigenvalue weighted by Crippen LogP contribution is -2.35. The number of rotatable bonds is 8. The molecular weight excluding hydrogens is 347 g/mol. The van der Waals surface area contributed by atoms with Gasteiger partial charge in [0, 0.05) is 23.5 Å². The predicted molar refractivity (Wildman–Crippen MR) is 101 cm³/mol. The number of hydrogen-bond acceptors (Lipinski definition) is 3. The smallest absolute Gasteiger partial charge is 0.307 e. The molecule has 0 saturated heterocycles. The molecule has 3 rings (SSSR count). The van der Waals surface area contributed by atoms with Crippen LogP contribution in [-0.4, -0.2) is 27.9 Å². The van der Waals surface area contributed by atoms with E-state index in [0.717, 1.165) is 16.5 Å². The van der Waals surface area contributed by atoms with Crippen molar-refractivity contribution in [1.82, 2.24) is 4.98 Å². The Morgan fingerprint density at radius 1 is 1.11 bits per heavy atom. The number of nitrogens with one attached hydrogen (secondary N) is 1. The van der Waals surface area contributed by atoms with Gasteiger partial charge < -0.3 is 15.8 Å². The lowest BCUT2D eigenvalue weighted by atomic mass is 9.90. The van der Waals surface area contributed by atoms with E-state index in [9.17, 15) is 19.1 Å². The van der Waals surface area contributed by atoms with Crippen molar-refractivity contribution in [3.05, 3.63) is 71.7 Å². The van der Waals surface area contributed by atoms with Crippen molar-refractivity contribution >= 4 is 22.7 Å². The first-order valence-electron chi connectivity index (χ1n) is 8.74. The number of aromatic nitrogens is 1. The van der Waals surface area contributed by atoms with Crippen LogP contribution in [0.3, 0.4) is 0 Å². The van der Waals surface area contributed by atoms with Crippen LogP contribution in [0.5, 0.6) is 0 Å². The summed E-state index contributed by atoms with van der Waals surface area (Å²) in [4.78, 5) is 27.2. The first kappa shape index (κ1) is 18.8. The van der Waals surface area contributed by atoms with Gasteiger partial charge in [0.25, 0.3) is 0 Å². The fourth-order valence-electron chi connectivity index (χ4n) is 3.24. The van der Waals surface area contributed by atoms with E-state index < -0.39 is 23.7 Å². The van der Waals surface area contributed by atoms with Crippen molar-refractivity contribution in [2.24, 2.45) is 11.7 Å². The molecule has 0 spiro atoms. The van der Waals surface area contributed by atoms with Gasteiger partial charge in [-0.2, -0.15) is 0 Å². The summed E-state index contributed by atoms with van der Waals surface area (Å²) in [6, 6.07) is 12.7. The molecule has 0 aliphatic carbocycles. The zero-order valence-corrected chi connectivity index (χ0v) is 14.7. The van der Waals surface area contributed by atoms with Crippen LogP contribution in [0, 0.1) is 11.7 Å². The topological polar surface area (TPSA) is 96.2 Å². The molecule has 0 bridgehead atoms. The molecule has 6 heteroatoms. The summed E-state index contributed by atoms with van der Waals surface area (Å²) in [7, 11) is 0. The Balaban J connectivity index is 1.67. The number of benzene rings is 2. The van der Waals surface area contributed by atoms with Crippen molar-refractivity contribution in [2.75, 3.05) is 0 Å². The zero-order valence-electron chi connectivity index (χ0n) is 14.7. The Bertz CT molecular complexity index is 967. The van der Waals surface area contributed by atoms with Crippen LogP contribution >= 0.6 is 0 Å². The number of aliphatic carboxylic acids is 1. The third-order valence-corrected chi connectivity index (χ3v) is 4.70. The number of para-hydroxylation sites is 1. The Morgan fingerprint density at radius 3 is 2.63 bits per heavy atom. The summed E-state index contributed by atoms with van der Waals surface area (Å²) in [5, 5.41) is 10.4. The summed E-state index contributed by atoms with van der Waals surface area (Å²) in [6.07, 6.45) is 2.04. The highest BCUT2D eigenvalue weighted by atomic mass is 19.1. The molecule has 0 aliphatic heterocycles. The first-order chi connectivity index (χ1) is 12.9. The lowest BCUT2D eigenvalue weighted by Gasteiger charge is -2.15. The minimum Gasteiger partial charge on any atom is -0.481 e. The van der Waals surface area contributed by atoms with Gasteiger partial charge in [0.1, 0.15) is 5.82 Å². The summed E-state index contributed by atoms with van der Waals surface area (Å²) < 4.78 is 13.3. The van der Waals surface area contributed by atoms with Crippen LogP contribution in [0.2, 0.25) is 0 Å². The maximum Gasteiger partial charge on any atom is 0.307 e. The van der Waals surface area contributed by atoms with Gasteiger partial charge in [-0.15, -0.1) is 0 Å². The van der Waals surface area contributed by atoms with E-state index >= 15 is 0 Å². The number of Topliss-reactive ketones (excluding diaryl/α,β-unsaturated/α-hetero) is 1. The van der Waals surface area contributed by atoms with E-state index in [1.807, 2.05) is 30.5 Å². The Kier molecular flexibility index (Phi) is 5.66. The number of carboxylic acid groups (broad SMARTS) is 1. The summed E-state index contributed by atoms with van der Waals surface area (Å²) in [5.74, 6) is -2.77. The molecule has 0 saturated carbocycles. The molecule has 2 aromatic carbocycles. The average molecular weight is 368 g/mol. The standard InChI is InChI=1S/C21H21FN2O3/c22-16-5-3-4-13(9-16)8-14(21(26)27)11-20(25)18(23)10-15-12-24-19-7-2-1-6-17(15)19/h1-7,9,12,14,18,24H,8,10-11,23H2,(H,26,27)/t14?,18-/m0/s1. The van der Waals surface area contributed by atoms with Crippen LogP contribution in [-0.2, 0) is 22.4 Å². The van der Waals surface area contributed by atoms with Crippen LogP contribution in [0.15, 0.2) is 54.7 Å². The third-order valence-electron chi connectivity index (χ3n) is 4.70. The minimum atomic E-state index is -1.09. The van der Waals surface area contributed by atoms with E-state index in [1.165, 1.54) is 18.2 Å². The Labute approximate surface area is 156 Å². The monoisotopic (exact) mass is 368 g/mol. The molecule has 140 valence electrons. The molecule has 0 amide bonds. The predicted octanol–water partition coefficient (Wildman–Crippen LogP) is 3.08. The molecule has 1 heterocycles. The van der Waals surface area contributed by atoms with Crippen molar-refractivity contribution in [1.29, 1.82) is 0 Å². The lowest BCUT2D eigenvalue weighted by molar-refractivity contribution is -0.143. The molecule has 1 aromatic heterocycles. The highest BCUT2D eigenvalue weighted by Crippen LogP contribution is 2.20. The SMILES string of the molecule is N[C@@H](Cc1c[nH]c2ccccc12)C(=O)CC(Cc1cccc(F)c1)C(=O)O. The number of carbonyl (C=O) groups is 2. The quantitative estimate of drug-likeness (QED) is 0.569. The molecule has 4 N–H and O–H groups in total. The number of carbonyl (C=O) groups excluding carboxylic acids is 1. The normalized spacial score (nSPS) is 13.4. The largest absolute Gasteiger partial charge is 0.481 e. The summed E-state index contributed by atoms with van der Waals surface area (Å²) >= 11 is 0. The molecule has 3 aromatic rings. The van der Waals surface area contributed by atoms with Gasteiger partial charge >= 0.3 is 5.97 Å². The van der Waals surface area contributed by atoms with Crippen molar-refractivity contribution < 1.29 is 19.1 Å². The van der Waals surface area contributed by atoms with Gasteiger partial charge in [-0.25, -0.2) is 4.39 Å². The number of hydrogen-bond donors (Lipinski definition) is 3. The van der Waals surface area contributed by atoms with Crippen molar-refractivity contribution in [3.63, 3.8) is 0 Å². The molecular formula is C21H21FN2O3. The number of H-pyrrole nitrogens is 1. The fourth-order valence-corrected chi connectivity index (χ4v) is 3.24. The van der Waals surface area contributed by atoms with Crippen LogP contribution in [0.4, 0.5) is 4.39 Å². The molecule has 1 unspecified atom stereocenters.